The number of fused-ring (bicyclic) bond motifs is 3. The van der Waals surface area contributed by atoms with E-state index in [0.29, 0.717) is 41.5 Å². The summed E-state index contributed by atoms with van der Waals surface area (Å²) in [5, 5.41) is 9.10. The van der Waals surface area contributed by atoms with Crippen LogP contribution in [0.15, 0.2) is 42.1 Å². The van der Waals surface area contributed by atoms with Crippen LogP contribution in [-0.4, -0.2) is 72.0 Å². The first-order valence-corrected chi connectivity index (χ1v) is 19.1. The molecule has 9 rings (SSSR count). The number of alkyl halides is 3. The van der Waals surface area contributed by atoms with Crippen LogP contribution in [0.25, 0.3) is 32.1 Å². The summed E-state index contributed by atoms with van der Waals surface area (Å²) in [5.41, 5.74) is 9.42. The minimum atomic E-state index is -5.22. The Morgan fingerprint density at radius 3 is 2.59 bits per heavy atom. The molecule has 3 aromatic heterocycles. The Bertz CT molecular complexity index is 2510. The second kappa shape index (κ2) is 15.1. The number of nitrogen functional groups attached to an aromatic ring is 2. The minimum absolute atomic E-state index is 0.101. The fourth-order valence-electron chi connectivity index (χ4n) is 8.59. The number of thiophene rings is 1. The van der Waals surface area contributed by atoms with E-state index in [1.54, 1.807) is 24.0 Å². The number of ether oxygens (including phenoxy) is 3. The summed E-state index contributed by atoms with van der Waals surface area (Å²) >= 11 is 0.674. The molecular formula is C39H35F7N8O3S. The summed E-state index contributed by atoms with van der Waals surface area (Å²) in [6.07, 6.45) is -2.25. The van der Waals surface area contributed by atoms with Crippen molar-refractivity contribution in [1.82, 2.24) is 19.9 Å². The highest BCUT2D eigenvalue weighted by Gasteiger charge is 2.47. The van der Waals surface area contributed by atoms with Crippen molar-refractivity contribution in [2.24, 2.45) is 5.92 Å². The Balaban J connectivity index is 0.000000366. The molecule has 4 unspecified atom stereocenters. The van der Waals surface area contributed by atoms with Crippen molar-refractivity contribution in [2.45, 2.75) is 50.5 Å². The number of hydrogen-bond acceptors (Lipinski definition) is 12. The van der Waals surface area contributed by atoms with Crippen molar-refractivity contribution < 1.29 is 44.9 Å². The lowest BCUT2D eigenvalue weighted by atomic mass is 9.90. The van der Waals surface area contributed by atoms with Crippen LogP contribution in [0.1, 0.15) is 48.9 Å². The quantitative estimate of drug-likeness (QED) is 0.169. The zero-order valence-corrected chi connectivity index (χ0v) is 31.8. The van der Waals surface area contributed by atoms with Gasteiger partial charge in [-0.1, -0.05) is 12.1 Å². The number of benzene rings is 2. The van der Waals surface area contributed by atoms with Gasteiger partial charge in [0.2, 0.25) is 0 Å². The maximum Gasteiger partial charge on any atom is 0.420 e. The van der Waals surface area contributed by atoms with Crippen molar-refractivity contribution in [3.8, 4) is 29.0 Å². The number of methoxy groups -OCH3 is 1. The minimum Gasteiger partial charge on any atom is -0.492 e. The molecule has 4 atom stereocenters. The molecule has 58 heavy (non-hydrogen) atoms. The van der Waals surface area contributed by atoms with Gasteiger partial charge < -0.3 is 30.6 Å². The SMILES string of the molecule is COc1nc2c3c(c(C(F)(F)F)c(-c4ccc(F)c5sc(N)c(C#N)c45)c(F)c3n1)OCC1COCC1N2C(C)c1cccnc1N.FC(F)=C1CC2CCCN2C1. The molecule has 0 spiro atoms. The van der Waals surface area contributed by atoms with Crippen LogP contribution in [0.4, 0.5) is 47.4 Å². The molecule has 0 amide bonds. The highest BCUT2D eigenvalue weighted by atomic mass is 32.1. The normalized spacial score (nSPS) is 20.8. The highest BCUT2D eigenvalue weighted by molar-refractivity contribution is 7.23. The average Bonchev–Trinajstić information content (AvgIpc) is 3.98. The molecular weight excluding hydrogens is 794 g/mol. The Morgan fingerprint density at radius 1 is 1.10 bits per heavy atom. The van der Waals surface area contributed by atoms with Gasteiger partial charge in [-0.15, -0.1) is 11.3 Å². The topological polar surface area (TPSA) is 149 Å². The van der Waals surface area contributed by atoms with Gasteiger partial charge in [0.15, 0.2) is 5.82 Å². The van der Waals surface area contributed by atoms with E-state index in [0.717, 1.165) is 25.1 Å². The Morgan fingerprint density at radius 2 is 1.90 bits per heavy atom. The molecule has 7 heterocycles. The molecule has 0 saturated carbocycles. The third-order valence-electron chi connectivity index (χ3n) is 11.3. The first kappa shape index (κ1) is 39.4. The first-order valence-electron chi connectivity index (χ1n) is 18.3. The van der Waals surface area contributed by atoms with Gasteiger partial charge in [0.05, 0.1) is 54.7 Å². The monoisotopic (exact) mass is 828 g/mol. The predicted molar refractivity (Wildman–Crippen MR) is 203 cm³/mol. The largest absolute Gasteiger partial charge is 0.492 e. The first-order chi connectivity index (χ1) is 27.7. The molecule has 19 heteroatoms. The third-order valence-corrected chi connectivity index (χ3v) is 12.3. The zero-order valence-electron chi connectivity index (χ0n) is 31.0. The summed E-state index contributed by atoms with van der Waals surface area (Å²) in [4.78, 5) is 16.7. The molecule has 5 aromatic rings. The summed E-state index contributed by atoms with van der Waals surface area (Å²) in [7, 11) is 1.24. The maximum atomic E-state index is 17.1. The van der Waals surface area contributed by atoms with Gasteiger partial charge in [0.1, 0.15) is 45.4 Å². The summed E-state index contributed by atoms with van der Waals surface area (Å²) in [5.74, 6) is -3.34. The van der Waals surface area contributed by atoms with E-state index in [9.17, 15) is 18.4 Å². The second-order valence-electron chi connectivity index (χ2n) is 14.5. The summed E-state index contributed by atoms with van der Waals surface area (Å²) in [6, 6.07) is 6.08. The lowest BCUT2D eigenvalue weighted by molar-refractivity contribution is -0.138. The van der Waals surface area contributed by atoms with Crippen LogP contribution >= 0.6 is 11.3 Å². The van der Waals surface area contributed by atoms with E-state index in [1.165, 1.54) is 19.7 Å². The highest BCUT2D eigenvalue weighted by Crippen LogP contribution is 2.54. The van der Waals surface area contributed by atoms with Crippen molar-refractivity contribution in [2.75, 3.05) is 56.4 Å². The van der Waals surface area contributed by atoms with Crippen LogP contribution in [0.2, 0.25) is 0 Å². The number of aromatic nitrogens is 3. The van der Waals surface area contributed by atoms with E-state index in [4.69, 9.17) is 25.7 Å². The van der Waals surface area contributed by atoms with Gasteiger partial charge in [0.25, 0.3) is 6.08 Å². The maximum absolute atomic E-state index is 17.1. The molecule has 3 fully saturated rings. The Kier molecular flexibility index (Phi) is 10.2. The van der Waals surface area contributed by atoms with Crippen molar-refractivity contribution in [3.05, 3.63) is 70.4 Å². The second-order valence-corrected chi connectivity index (χ2v) is 15.5. The molecule has 2 aromatic carbocycles. The van der Waals surface area contributed by atoms with Crippen LogP contribution < -0.4 is 25.8 Å². The third kappa shape index (κ3) is 6.56. The van der Waals surface area contributed by atoms with Crippen molar-refractivity contribution >= 4 is 49.0 Å². The molecule has 11 nitrogen and oxygen atoms in total. The summed E-state index contributed by atoms with van der Waals surface area (Å²) in [6.45, 7) is 3.40. The number of rotatable bonds is 4. The van der Waals surface area contributed by atoms with Crippen LogP contribution in [-0.2, 0) is 10.9 Å². The molecule has 0 aliphatic carbocycles. The van der Waals surface area contributed by atoms with Gasteiger partial charge in [-0.2, -0.15) is 37.2 Å². The van der Waals surface area contributed by atoms with E-state index >= 15 is 17.6 Å². The summed E-state index contributed by atoms with van der Waals surface area (Å²) < 4.78 is 119. The number of nitriles is 1. The van der Waals surface area contributed by atoms with E-state index in [2.05, 4.69) is 19.9 Å². The number of nitrogens with two attached hydrogens (primary N) is 2. The predicted octanol–water partition coefficient (Wildman–Crippen LogP) is 8.23. The van der Waals surface area contributed by atoms with Gasteiger partial charge in [-0.25, -0.2) is 13.8 Å². The Hall–Kier alpha value is -5.45. The lowest BCUT2D eigenvalue weighted by Gasteiger charge is -2.40. The van der Waals surface area contributed by atoms with Gasteiger partial charge in [-0.3, -0.25) is 4.90 Å². The Labute approximate surface area is 330 Å². The van der Waals surface area contributed by atoms with Gasteiger partial charge in [-0.05, 0) is 50.4 Å². The standard InChI is InChI=1S/C31H24F5N7O3S.C8H11F2N/c1-12(14-4-3-7-40-27(14)38)43-18-11-45-9-13(18)10-46-25-21-24(41-30(44-2)42-29(21)43)23(33)20(22(25)31(34,35)36)15-5-6-17(32)26-19(15)16(8-37)28(39)47-26;9-8(10)6-4-7-2-1-3-11(7)5-6/h3-7,12-13,18H,9-11,39H2,1-2H3,(H2,38,40);7H,1-5H2. The molecule has 304 valence electrons. The molecule has 4 N–H and O–H groups in total. The van der Waals surface area contributed by atoms with Crippen LogP contribution in [0, 0.1) is 28.9 Å². The fourth-order valence-corrected chi connectivity index (χ4v) is 9.54. The molecule has 0 bridgehead atoms. The number of halogens is 7. The number of nitrogens with zero attached hydrogens (tertiary/aromatic N) is 6. The molecule has 0 radical (unpaired) electrons. The molecule has 4 aliphatic rings. The van der Waals surface area contributed by atoms with Crippen LogP contribution in [0.5, 0.6) is 11.8 Å². The number of anilines is 3. The number of hydrogen-bond donors (Lipinski definition) is 2. The molecule has 3 saturated heterocycles. The van der Waals surface area contributed by atoms with Crippen molar-refractivity contribution in [1.29, 1.82) is 5.26 Å². The zero-order chi connectivity index (χ0) is 41.2. The van der Waals surface area contributed by atoms with Crippen LogP contribution in [0.3, 0.4) is 0 Å². The lowest BCUT2D eigenvalue weighted by Crippen LogP contribution is -2.45. The smallest absolute Gasteiger partial charge is 0.420 e. The van der Waals surface area contributed by atoms with Gasteiger partial charge >= 0.3 is 12.2 Å². The van der Waals surface area contributed by atoms with E-state index < -0.39 is 69.8 Å². The van der Waals surface area contributed by atoms with Crippen molar-refractivity contribution in [3.63, 3.8) is 0 Å². The number of pyridine rings is 1. The van der Waals surface area contributed by atoms with E-state index in [1.807, 2.05) is 6.07 Å². The fraction of sp³-hybridized carbons (Fsp3) is 0.385. The van der Waals surface area contributed by atoms with Gasteiger partial charge in [0, 0.05) is 46.8 Å². The average molecular weight is 829 g/mol. The van der Waals surface area contributed by atoms with E-state index in [-0.39, 0.29) is 63.5 Å². The molecule has 4 aliphatic heterocycles.